The molecule has 5 heteroatoms. The Morgan fingerprint density at radius 2 is 1.32 bits per heavy atom. The zero-order valence-electron chi connectivity index (χ0n) is 12.6. The van der Waals surface area contributed by atoms with Crippen molar-refractivity contribution in [3.63, 3.8) is 0 Å². The lowest BCUT2D eigenvalue weighted by atomic mass is 10.4. The standard InChI is InChI=1S/C17H18O4Si/c1-3-17(19)21-22(20-14(2)18,15-10-6-4-7-11-15)16-12-8-5-9-13-16/h4-13H,3H2,1-2H3. The van der Waals surface area contributed by atoms with E-state index in [2.05, 4.69) is 0 Å². The Bertz CT molecular complexity index is 601. The minimum Gasteiger partial charge on any atom is -0.479 e. The average molecular weight is 314 g/mol. The third kappa shape index (κ3) is 3.43. The van der Waals surface area contributed by atoms with Gasteiger partial charge < -0.3 is 8.85 Å². The molecule has 2 aromatic rings. The van der Waals surface area contributed by atoms with Crippen LogP contribution < -0.4 is 10.4 Å². The minimum absolute atomic E-state index is 0.218. The molecule has 0 heterocycles. The van der Waals surface area contributed by atoms with E-state index in [4.69, 9.17) is 8.85 Å². The smallest absolute Gasteiger partial charge is 0.479 e. The van der Waals surface area contributed by atoms with E-state index in [-0.39, 0.29) is 12.4 Å². The Morgan fingerprint density at radius 3 is 1.68 bits per heavy atom. The van der Waals surface area contributed by atoms with Crippen LogP contribution in [0.25, 0.3) is 0 Å². The number of benzene rings is 2. The molecule has 0 aliphatic carbocycles. The second kappa shape index (κ2) is 7.04. The van der Waals surface area contributed by atoms with Crippen LogP contribution in [-0.2, 0) is 18.4 Å². The van der Waals surface area contributed by atoms with Crippen molar-refractivity contribution in [2.75, 3.05) is 0 Å². The Kier molecular flexibility index (Phi) is 5.11. The first kappa shape index (κ1) is 16.0. The zero-order valence-corrected chi connectivity index (χ0v) is 13.6. The van der Waals surface area contributed by atoms with Gasteiger partial charge in [0.15, 0.2) is 0 Å². The quantitative estimate of drug-likeness (QED) is 0.789. The van der Waals surface area contributed by atoms with Crippen molar-refractivity contribution in [2.45, 2.75) is 20.3 Å². The van der Waals surface area contributed by atoms with E-state index in [1.54, 1.807) is 6.92 Å². The van der Waals surface area contributed by atoms with E-state index in [0.717, 1.165) is 10.4 Å². The molecule has 22 heavy (non-hydrogen) atoms. The lowest BCUT2D eigenvalue weighted by Gasteiger charge is -2.29. The van der Waals surface area contributed by atoms with Crippen molar-refractivity contribution in [1.29, 1.82) is 0 Å². The largest absolute Gasteiger partial charge is 0.534 e. The van der Waals surface area contributed by atoms with Crippen LogP contribution in [0.2, 0.25) is 0 Å². The molecule has 4 nitrogen and oxygen atoms in total. The molecule has 0 bridgehead atoms. The van der Waals surface area contributed by atoms with Gasteiger partial charge in [0.05, 0.1) is 0 Å². The first-order valence-electron chi connectivity index (χ1n) is 7.11. The van der Waals surface area contributed by atoms with E-state index in [1.807, 2.05) is 60.7 Å². The average Bonchev–Trinajstić information content (AvgIpc) is 2.55. The first-order valence-corrected chi connectivity index (χ1v) is 8.92. The third-order valence-corrected chi connectivity index (χ3v) is 6.42. The van der Waals surface area contributed by atoms with Gasteiger partial charge in [-0.1, -0.05) is 67.6 Å². The normalized spacial score (nSPS) is 10.8. The van der Waals surface area contributed by atoms with Crippen LogP contribution in [-0.4, -0.2) is 20.5 Å². The van der Waals surface area contributed by atoms with Gasteiger partial charge in [0.25, 0.3) is 11.9 Å². The second-order valence-electron chi connectivity index (χ2n) is 4.77. The van der Waals surface area contributed by atoms with Gasteiger partial charge in [0.2, 0.25) is 0 Å². The molecule has 0 spiro atoms. The molecular weight excluding hydrogens is 296 g/mol. The lowest BCUT2D eigenvalue weighted by molar-refractivity contribution is -0.139. The summed E-state index contributed by atoms with van der Waals surface area (Å²) >= 11 is 0. The molecular formula is C17H18O4Si. The number of carbonyl (C=O) groups excluding carboxylic acids is 2. The molecule has 0 fully saturated rings. The lowest BCUT2D eigenvalue weighted by Crippen LogP contribution is -2.64. The molecule has 0 N–H and O–H groups in total. The van der Waals surface area contributed by atoms with Crippen molar-refractivity contribution >= 4 is 30.9 Å². The fraction of sp³-hybridized carbons (Fsp3) is 0.176. The van der Waals surface area contributed by atoms with E-state index < -0.39 is 14.5 Å². The summed E-state index contributed by atoms with van der Waals surface area (Å²) in [4.78, 5) is 23.7. The molecule has 2 aromatic carbocycles. The highest BCUT2D eigenvalue weighted by molar-refractivity contribution is 6.94. The van der Waals surface area contributed by atoms with E-state index >= 15 is 0 Å². The Hall–Kier alpha value is -2.40. The molecule has 0 radical (unpaired) electrons. The Morgan fingerprint density at radius 1 is 0.864 bits per heavy atom. The van der Waals surface area contributed by atoms with Crippen molar-refractivity contribution in [2.24, 2.45) is 0 Å². The van der Waals surface area contributed by atoms with Crippen molar-refractivity contribution in [3.05, 3.63) is 60.7 Å². The molecule has 0 atom stereocenters. The fourth-order valence-electron chi connectivity index (χ4n) is 2.17. The maximum Gasteiger partial charge on any atom is 0.534 e. The molecule has 0 aliphatic rings. The fourth-order valence-corrected chi connectivity index (χ4v) is 5.15. The minimum atomic E-state index is -3.39. The van der Waals surface area contributed by atoms with Crippen LogP contribution in [0, 0.1) is 0 Å². The summed E-state index contributed by atoms with van der Waals surface area (Å²) in [6.45, 7) is 3.04. The molecule has 0 saturated heterocycles. The van der Waals surface area contributed by atoms with Gasteiger partial charge in [-0.3, -0.25) is 9.59 Å². The van der Waals surface area contributed by atoms with E-state index in [0.29, 0.717) is 0 Å². The Labute approximate surface area is 130 Å². The zero-order chi connectivity index (χ0) is 16.0. The maximum absolute atomic E-state index is 12.0. The van der Waals surface area contributed by atoms with Gasteiger partial charge in [0.1, 0.15) is 0 Å². The van der Waals surface area contributed by atoms with Crippen molar-refractivity contribution in [1.82, 2.24) is 0 Å². The van der Waals surface area contributed by atoms with Gasteiger partial charge in [-0.15, -0.1) is 0 Å². The number of hydrogen-bond donors (Lipinski definition) is 0. The van der Waals surface area contributed by atoms with Crippen LogP contribution >= 0.6 is 0 Å². The van der Waals surface area contributed by atoms with E-state index in [9.17, 15) is 9.59 Å². The van der Waals surface area contributed by atoms with Crippen LogP contribution in [0.5, 0.6) is 0 Å². The summed E-state index contributed by atoms with van der Waals surface area (Å²) in [5.41, 5.74) is 0. The highest BCUT2D eigenvalue weighted by Crippen LogP contribution is 2.12. The van der Waals surface area contributed by atoms with Crippen molar-refractivity contribution < 1.29 is 18.4 Å². The monoisotopic (exact) mass is 314 g/mol. The summed E-state index contributed by atoms with van der Waals surface area (Å²) in [5, 5.41) is 1.44. The number of rotatable bonds is 5. The first-order chi connectivity index (χ1) is 10.6. The predicted molar refractivity (Wildman–Crippen MR) is 86.1 cm³/mol. The van der Waals surface area contributed by atoms with Crippen LogP contribution in [0.1, 0.15) is 20.3 Å². The summed E-state index contributed by atoms with van der Waals surface area (Å²) in [5.74, 6) is -0.858. The third-order valence-electron chi connectivity index (χ3n) is 3.14. The molecule has 0 aliphatic heterocycles. The van der Waals surface area contributed by atoms with Gasteiger partial charge in [-0.2, -0.15) is 0 Å². The molecule has 0 amide bonds. The molecule has 2 rings (SSSR count). The highest BCUT2D eigenvalue weighted by Gasteiger charge is 2.49. The summed E-state index contributed by atoms with van der Waals surface area (Å²) in [6.07, 6.45) is 0.218. The Balaban J connectivity index is 2.63. The maximum atomic E-state index is 12.0. The van der Waals surface area contributed by atoms with Gasteiger partial charge in [0, 0.05) is 23.7 Å². The van der Waals surface area contributed by atoms with Crippen LogP contribution in [0.4, 0.5) is 0 Å². The number of hydrogen-bond acceptors (Lipinski definition) is 4. The molecule has 0 aromatic heterocycles. The van der Waals surface area contributed by atoms with Gasteiger partial charge in [-0.05, 0) is 0 Å². The summed E-state index contributed by atoms with van der Waals surface area (Å²) < 4.78 is 11.4. The summed E-state index contributed by atoms with van der Waals surface area (Å²) in [6, 6.07) is 18.4. The highest BCUT2D eigenvalue weighted by atomic mass is 28.4. The summed E-state index contributed by atoms with van der Waals surface area (Å²) in [7, 11) is -3.39. The van der Waals surface area contributed by atoms with Crippen LogP contribution in [0.3, 0.4) is 0 Å². The molecule has 0 unspecified atom stereocenters. The SMILES string of the molecule is CCC(=O)O[Si](OC(C)=O)(c1ccccc1)c1ccccc1. The van der Waals surface area contributed by atoms with Crippen LogP contribution in [0.15, 0.2) is 60.7 Å². The van der Waals surface area contributed by atoms with Crippen molar-refractivity contribution in [3.8, 4) is 0 Å². The second-order valence-corrected chi connectivity index (χ2v) is 7.57. The van der Waals surface area contributed by atoms with Gasteiger partial charge in [-0.25, -0.2) is 0 Å². The van der Waals surface area contributed by atoms with Gasteiger partial charge >= 0.3 is 8.56 Å². The number of carbonyl (C=O) groups is 2. The molecule has 0 saturated carbocycles. The van der Waals surface area contributed by atoms with E-state index in [1.165, 1.54) is 6.92 Å². The topological polar surface area (TPSA) is 52.6 Å². The molecule has 114 valence electrons. The predicted octanol–water partition coefficient (Wildman–Crippen LogP) is 1.76.